The molecule has 0 saturated heterocycles. The summed E-state index contributed by atoms with van der Waals surface area (Å²) in [5.74, 6) is -3.30. The average Bonchev–Trinajstić information content (AvgIpc) is 2.17. The largest absolute Gasteiger partial charge is 0.390 e. The number of aliphatic hydroxyl groups excluding tert-OH is 1. The first-order valence-corrected chi connectivity index (χ1v) is 4.77. The highest BCUT2D eigenvalue weighted by Gasteiger charge is 2.38. The Balaban J connectivity index is 0.00000196. The van der Waals surface area contributed by atoms with Crippen LogP contribution < -0.4 is 5.73 Å². The Morgan fingerprint density at radius 2 is 1.93 bits per heavy atom. The summed E-state index contributed by atoms with van der Waals surface area (Å²) >= 11 is 3.12. The van der Waals surface area contributed by atoms with Crippen LogP contribution in [-0.2, 0) is 0 Å². The van der Waals surface area contributed by atoms with E-state index in [1.54, 1.807) is 18.2 Å². The van der Waals surface area contributed by atoms with E-state index in [-0.39, 0.29) is 18.0 Å². The standard InChI is InChI=1S/C9H10BrF2NO.ClH/c10-7-4-2-1-3-6(7)8(13)9(11,12)5-14;/h1-4,8,14H,5,13H2;1H/t8-;/m1./s1. The van der Waals surface area contributed by atoms with Crippen molar-refractivity contribution in [2.75, 3.05) is 6.61 Å². The van der Waals surface area contributed by atoms with E-state index in [0.717, 1.165) is 0 Å². The molecule has 0 radical (unpaired) electrons. The van der Waals surface area contributed by atoms with Crippen molar-refractivity contribution in [3.8, 4) is 0 Å². The molecule has 0 bridgehead atoms. The molecule has 1 atom stereocenters. The van der Waals surface area contributed by atoms with Crippen molar-refractivity contribution in [1.29, 1.82) is 0 Å². The van der Waals surface area contributed by atoms with Crippen molar-refractivity contribution < 1.29 is 13.9 Å². The molecule has 0 heterocycles. The number of nitrogens with two attached hydrogens (primary N) is 1. The molecule has 15 heavy (non-hydrogen) atoms. The Kier molecular flexibility index (Phi) is 5.66. The fourth-order valence-electron chi connectivity index (χ4n) is 1.05. The van der Waals surface area contributed by atoms with Crippen molar-refractivity contribution in [2.24, 2.45) is 5.73 Å². The van der Waals surface area contributed by atoms with Gasteiger partial charge in [0.15, 0.2) is 0 Å². The summed E-state index contributed by atoms with van der Waals surface area (Å²) in [7, 11) is 0. The lowest BCUT2D eigenvalue weighted by Crippen LogP contribution is -2.36. The van der Waals surface area contributed by atoms with Crippen molar-refractivity contribution in [1.82, 2.24) is 0 Å². The van der Waals surface area contributed by atoms with E-state index in [4.69, 9.17) is 10.8 Å². The second-order valence-electron chi connectivity index (χ2n) is 2.92. The van der Waals surface area contributed by atoms with E-state index in [2.05, 4.69) is 15.9 Å². The molecule has 0 amide bonds. The number of alkyl halides is 2. The summed E-state index contributed by atoms with van der Waals surface area (Å²) < 4.78 is 26.5. The lowest BCUT2D eigenvalue weighted by Gasteiger charge is -2.22. The quantitative estimate of drug-likeness (QED) is 0.901. The molecule has 0 aliphatic rings. The number of hydrogen-bond donors (Lipinski definition) is 2. The highest BCUT2D eigenvalue weighted by atomic mass is 79.9. The van der Waals surface area contributed by atoms with Gasteiger partial charge in [-0.05, 0) is 11.6 Å². The second kappa shape index (κ2) is 5.75. The van der Waals surface area contributed by atoms with Crippen LogP contribution in [0, 0.1) is 0 Å². The highest BCUT2D eigenvalue weighted by Crippen LogP contribution is 2.32. The third-order valence-electron chi connectivity index (χ3n) is 1.91. The van der Waals surface area contributed by atoms with Crippen LogP contribution in [0.5, 0.6) is 0 Å². The van der Waals surface area contributed by atoms with Gasteiger partial charge in [0.2, 0.25) is 0 Å². The molecule has 0 saturated carbocycles. The summed E-state index contributed by atoms with van der Waals surface area (Å²) in [6, 6.07) is 4.95. The Bertz CT molecular complexity index is 325. The van der Waals surface area contributed by atoms with Crippen molar-refractivity contribution in [3.05, 3.63) is 34.3 Å². The van der Waals surface area contributed by atoms with E-state index in [9.17, 15) is 8.78 Å². The van der Waals surface area contributed by atoms with Crippen LogP contribution in [0.2, 0.25) is 0 Å². The normalized spacial score (nSPS) is 13.1. The predicted molar refractivity (Wildman–Crippen MR) is 60.4 cm³/mol. The van der Waals surface area contributed by atoms with E-state index < -0.39 is 18.6 Å². The third kappa shape index (κ3) is 3.38. The topological polar surface area (TPSA) is 46.2 Å². The van der Waals surface area contributed by atoms with Crippen LogP contribution in [0.15, 0.2) is 28.7 Å². The summed E-state index contributed by atoms with van der Waals surface area (Å²) in [5.41, 5.74) is 5.63. The van der Waals surface area contributed by atoms with Crippen LogP contribution >= 0.6 is 28.3 Å². The first-order valence-electron chi connectivity index (χ1n) is 3.97. The third-order valence-corrected chi connectivity index (χ3v) is 2.63. The van der Waals surface area contributed by atoms with Gasteiger partial charge in [0.25, 0.3) is 5.92 Å². The first-order chi connectivity index (χ1) is 6.49. The van der Waals surface area contributed by atoms with Gasteiger partial charge in [-0.3, -0.25) is 0 Å². The van der Waals surface area contributed by atoms with Gasteiger partial charge in [-0.25, -0.2) is 8.78 Å². The molecule has 6 heteroatoms. The fourth-order valence-corrected chi connectivity index (χ4v) is 1.58. The highest BCUT2D eigenvalue weighted by molar-refractivity contribution is 9.10. The van der Waals surface area contributed by atoms with E-state index >= 15 is 0 Å². The van der Waals surface area contributed by atoms with Crippen LogP contribution in [0.4, 0.5) is 8.78 Å². The van der Waals surface area contributed by atoms with Gasteiger partial charge in [0.1, 0.15) is 6.61 Å². The van der Waals surface area contributed by atoms with Crippen LogP contribution in [0.3, 0.4) is 0 Å². The number of benzene rings is 1. The molecule has 0 aliphatic carbocycles. The fraction of sp³-hybridized carbons (Fsp3) is 0.333. The zero-order valence-electron chi connectivity index (χ0n) is 7.66. The van der Waals surface area contributed by atoms with Crippen molar-refractivity contribution in [3.63, 3.8) is 0 Å². The average molecular weight is 303 g/mol. The number of halogens is 4. The SMILES string of the molecule is Cl.N[C@H](c1ccccc1Br)C(F)(F)CO. The maximum absolute atomic E-state index is 13.0. The molecule has 1 aromatic rings. The molecule has 1 aromatic carbocycles. The molecule has 0 aromatic heterocycles. The Labute approximate surface area is 101 Å². The maximum Gasteiger partial charge on any atom is 0.289 e. The minimum absolute atomic E-state index is 0. The summed E-state index contributed by atoms with van der Waals surface area (Å²) in [5, 5.41) is 8.47. The lowest BCUT2D eigenvalue weighted by molar-refractivity contribution is -0.0713. The van der Waals surface area contributed by atoms with Gasteiger partial charge in [-0.1, -0.05) is 34.1 Å². The van der Waals surface area contributed by atoms with Gasteiger partial charge in [-0.2, -0.15) is 0 Å². The zero-order valence-corrected chi connectivity index (χ0v) is 10.1. The van der Waals surface area contributed by atoms with Gasteiger partial charge in [0, 0.05) is 4.47 Å². The molecular formula is C9H11BrClF2NO. The van der Waals surface area contributed by atoms with E-state index in [1.807, 2.05) is 0 Å². The number of aliphatic hydroxyl groups is 1. The minimum Gasteiger partial charge on any atom is -0.390 e. The van der Waals surface area contributed by atoms with E-state index in [0.29, 0.717) is 4.47 Å². The first kappa shape index (κ1) is 14.8. The molecule has 3 N–H and O–H groups in total. The number of rotatable bonds is 3. The molecule has 0 fully saturated rings. The molecule has 2 nitrogen and oxygen atoms in total. The van der Waals surface area contributed by atoms with Crippen LogP contribution in [0.25, 0.3) is 0 Å². The monoisotopic (exact) mass is 301 g/mol. The van der Waals surface area contributed by atoms with Gasteiger partial charge in [-0.15, -0.1) is 12.4 Å². The molecule has 0 spiro atoms. The van der Waals surface area contributed by atoms with Crippen LogP contribution in [-0.4, -0.2) is 17.6 Å². The van der Waals surface area contributed by atoms with Crippen molar-refractivity contribution >= 4 is 28.3 Å². The smallest absolute Gasteiger partial charge is 0.289 e. The second-order valence-corrected chi connectivity index (χ2v) is 3.77. The summed E-state index contributed by atoms with van der Waals surface area (Å²) in [6.07, 6.45) is 0. The van der Waals surface area contributed by atoms with Crippen LogP contribution in [0.1, 0.15) is 11.6 Å². The van der Waals surface area contributed by atoms with Gasteiger partial charge in [0.05, 0.1) is 6.04 Å². The molecule has 1 rings (SSSR count). The molecular weight excluding hydrogens is 291 g/mol. The van der Waals surface area contributed by atoms with Gasteiger partial charge < -0.3 is 10.8 Å². The summed E-state index contributed by atoms with van der Waals surface area (Å²) in [4.78, 5) is 0. The maximum atomic E-state index is 13.0. The Morgan fingerprint density at radius 3 is 2.40 bits per heavy atom. The Morgan fingerprint density at radius 1 is 1.40 bits per heavy atom. The number of hydrogen-bond acceptors (Lipinski definition) is 2. The lowest BCUT2D eigenvalue weighted by atomic mass is 10.0. The Hall–Kier alpha value is -0.230. The van der Waals surface area contributed by atoms with E-state index in [1.165, 1.54) is 6.07 Å². The van der Waals surface area contributed by atoms with Crippen molar-refractivity contribution in [2.45, 2.75) is 12.0 Å². The minimum atomic E-state index is -3.30. The van der Waals surface area contributed by atoms with Gasteiger partial charge >= 0.3 is 0 Å². The molecule has 86 valence electrons. The molecule has 0 aliphatic heterocycles. The molecule has 0 unspecified atom stereocenters. The zero-order chi connectivity index (χ0) is 10.8. The predicted octanol–water partition coefficient (Wildman–Crippen LogP) is 2.50. The summed E-state index contributed by atoms with van der Waals surface area (Å²) in [6.45, 7) is -1.25.